The molecule has 0 aliphatic rings. The molecule has 1 aromatic rings. The summed E-state index contributed by atoms with van der Waals surface area (Å²) >= 11 is 0. The summed E-state index contributed by atoms with van der Waals surface area (Å²) in [6.07, 6.45) is 1.36. The summed E-state index contributed by atoms with van der Waals surface area (Å²) in [6.45, 7) is 0.132. The third-order valence-corrected chi connectivity index (χ3v) is 1.23. The van der Waals surface area contributed by atoms with Crippen LogP contribution >= 0.6 is 0 Å². The van der Waals surface area contributed by atoms with E-state index in [0.717, 1.165) is 0 Å². The maximum absolute atomic E-state index is 10.8. The summed E-state index contributed by atoms with van der Waals surface area (Å²) < 4.78 is 1.34. The van der Waals surface area contributed by atoms with E-state index in [4.69, 9.17) is 11.5 Å². The van der Waals surface area contributed by atoms with Gasteiger partial charge in [-0.05, 0) is 0 Å². The van der Waals surface area contributed by atoms with Crippen LogP contribution in [-0.4, -0.2) is 27.3 Å². The van der Waals surface area contributed by atoms with Crippen molar-refractivity contribution in [3.05, 3.63) is 12.2 Å². The molecule has 1 rings (SSSR count). The molecule has 0 bridgehead atoms. The van der Waals surface area contributed by atoms with Gasteiger partial charge in [0.25, 0.3) is 5.91 Å². The zero-order valence-electron chi connectivity index (χ0n) is 6.40. The Morgan fingerprint density at radius 2 is 2.42 bits per heavy atom. The van der Waals surface area contributed by atoms with Crippen LogP contribution in [0.3, 0.4) is 0 Å². The van der Waals surface area contributed by atoms with Crippen molar-refractivity contribution >= 4 is 5.91 Å². The van der Waals surface area contributed by atoms with Gasteiger partial charge in [0.1, 0.15) is 6.33 Å². The van der Waals surface area contributed by atoms with Crippen LogP contribution in [0.1, 0.15) is 5.82 Å². The fraction of sp³-hybridized carbons (Fsp3) is 0.400. The predicted octanol–water partition coefficient (Wildman–Crippen LogP) is -2.23. The maximum atomic E-state index is 10.8. The molecule has 7 heteroatoms. The van der Waals surface area contributed by atoms with Crippen LogP contribution in [0.2, 0.25) is 0 Å². The second kappa shape index (κ2) is 3.79. The lowest BCUT2D eigenvalue weighted by Gasteiger charge is -2.04. The number of nitrogens with one attached hydrogen (secondary N) is 1. The van der Waals surface area contributed by atoms with Gasteiger partial charge in [-0.25, -0.2) is 4.68 Å². The van der Waals surface area contributed by atoms with E-state index in [1.54, 1.807) is 0 Å². The Hall–Kier alpha value is -1.47. The van der Waals surface area contributed by atoms with E-state index in [0.29, 0.717) is 5.82 Å². The fourth-order valence-electron chi connectivity index (χ4n) is 0.671. The van der Waals surface area contributed by atoms with Crippen LogP contribution in [0, 0.1) is 0 Å². The van der Waals surface area contributed by atoms with E-state index in [-0.39, 0.29) is 19.0 Å². The average molecular weight is 170 g/mol. The van der Waals surface area contributed by atoms with Crippen molar-refractivity contribution < 1.29 is 4.79 Å². The summed E-state index contributed by atoms with van der Waals surface area (Å²) in [4.78, 5) is 10.8. The summed E-state index contributed by atoms with van der Waals surface area (Å²) in [5.41, 5.74) is 12.8. The minimum absolute atomic E-state index is 0.0812. The smallest absolute Gasteiger partial charge is 0.252 e. The monoisotopic (exact) mass is 170 g/mol. The molecular weight excluding hydrogens is 160 g/mol. The molecule has 5 N–H and O–H groups in total. The van der Waals surface area contributed by atoms with Crippen LogP contribution in [0.4, 0.5) is 0 Å². The molecule has 0 unspecified atom stereocenters. The molecule has 12 heavy (non-hydrogen) atoms. The Morgan fingerprint density at radius 3 is 3.00 bits per heavy atom. The predicted molar refractivity (Wildman–Crippen MR) is 41.3 cm³/mol. The Kier molecular flexibility index (Phi) is 2.72. The third-order valence-electron chi connectivity index (χ3n) is 1.23. The fourth-order valence-corrected chi connectivity index (χ4v) is 0.671. The van der Waals surface area contributed by atoms with Crippen molar-refractivity contribution in [3.63, 3.8) is 0 Å². The minimum Gasteiger partial charge on any atom is -0.324 e. The SMILES string of the molecule is NCC(=O)Nn1cnnc1CN. The Balaban J connectivity index is 2.68. The van der Waals surface area contributed by atoms with Crippen molar-refractivity contribution in [3.8, 4) is 0 Å². The van der Waals surface area contributed by atoms with Gasteiger partial charge in [0.05, 0.1) is 13.1 Å². The lowest BCUT2D eigenvalue weighted by atomic mass is 10.6. The highest BCUT2D eigenvalue weighted by atomic mass is 16.2. The van der Waals surface area contributed by atoms with Crippen LogP contribution in [-0.2, 0) is 11.3 Å². The Bertz CT molecular complexity index is 269. The second-order valence-corrected chi connectivity index (χ2v) is 2.06. The Labute approximate surface area is 68.7 Å². The van der Waals surface area contributed by atoms with Crippen molar-refractivity contribution in [1.29, 1.82) is 0 Å². The molecule has 1 amide bonds. The standard InChI is InChI=1S/C5H10N6O/c6-1-4-9-8-3-11(4)10-5(12)2-7/h3H,1-2,6-7H2,(H,10,12). The third kappa shape index (κ3) is 1.77. The quantitative estimate of drug-likeness (QED) is 0.475. The van der Waals surface area contributed by atoms with Crippen molar-refractivity contribution in [2.45, 2.75) is 6.54 Å². The van der Waals surface area contributed by atoms with Crippen molar-refractivity contribution in [2.24, 2.45) is 11.5 Å². The summed E-state index contributed by atoms with van der Waals surface area (Å²) in [7, 11) is 0. The van der Waals surface area contributed by atoms with Gasteiger partial charge < -0.3 is 11.5 Å². The van der Waals surface area contributed by atoms with E-state index >= 15 is 0 Å². The number of nitrogens with two attached hydrogens (primary N) is 2. The van der Waals surface area contributed by atoms with Gasteiger partial charge in [-0.2, -0.15) is 0 Å². The van der Waals surface area contributed by atoms with Gasteiger partial charge in [-0.3, -0.25) is 10.2 Å². The first kappa shape index (κ1) is 8.62. The van der Waals surface area contributed by atoms with Gasteiger partial charge in [-0.1, -0.05) is 0 Å². The molecule has 1 aromatic heterocycles. The van der Waals surface area contributed by atoms with Gasteiger partial charge in [0, 0.05) is 0 Å². The summed E-state index contributed by atoms with van der Waals surface area (Å²) in [5, 5.41) is 7.21. The van der Waals surface area contributed by atoms with Crippen molar-refractivity contribution in [2.75, 3.05) is 12.0 Å². The van der Waals surface area contributed by atoms with Crippen LogP contribution in [0.15, 0.2) is 6.33 Å². The lowest BCUT2D eigenvalue weighted by molar-refractivity contribution is -0.115. The topological polar surface area (TPSA) is 112 Å². The number of hydrogen-bond acceptors (Lipinski definition) is 5. The molecule has 0 aliphatic heterocycles. The highest BCUT2D eigenvalue weighted by molar-refractivity contribution is 5.85. The molecule has 0 aromatic carbocycles. The zero-order valence-corrected chi connectivity index (χ0v) is 6.40. The summed E-state index contributed by atoms with van der Waals surface area (Å²) in [5.74, 6) is 0.168. The first-order chi connectivity index (χ1) is 5.77. The van der Waals surface area contributed by atoms with Gasteiger partial charge >= 0.3 is 0 Å². The van der Waals surface area contributed by atoms with Gasteiger partial charge in [-0.15, -0.1) is 10.2 Å². The molecule has 0 aliphatic carbocycles. The largest absolute Gasteiger partial charge is 0.324 e. The number of amides is 1. The summed E-state index contributed by atoms with van der Waals surface area (Å²) in [6, 6.07) is 0. The lowest BCUT2D eigenvalue weighted by Crippen LogP contribution is -2.30. The van der Waals surface area contributed by atoms with E-state index in [9.17, 15) is 4.79 Å². The average Bonchev–Trinajstić information content (AvgIpc) is 2.51. The normalized spacial score (nSPS) is 9.83. The van der Waals surface area contributed by atoms with E-state index in [1.807, 2.05) is 0 Å². The second-order valence-electron chi connectivity index (χ2n) is 2.06. The molecule has 0 fully saturated rings. The van der Waals surface area contributed by atoms with Gasteiger partial charge in [0.15, 0.2) is 5.82 Å². The number of hydrogen-bond donors (Lipinski definition) is 3. The van der Waals surface area contributed by atoms with Crippen LogP contribution < -0.4 is 16.9 Å². The zero-order chi connectivity index (χ0) is 8.97. The molecule has 0 atom stereocenters. The number of carbonyl (C=O) groups excluding carboxylic acids is 1. The molecule has 66 valence electrons. The highest BCUT2D eigenvalue weighted by Crippen LogP contribution is 1.88. The number of aromatic nitrogens is 3. The van der Waals surface area contributed by atoms with Crippen LogP contribution in [0.5, 0.6) is 0 Å². The van der Waals surface area contributed by atoms with E-state index < -0.39 is 0 Å². The first-order valence-electron chi connectivity index (χ1n) is 3.36. The van der Waals surface area contributed by atoms with Crippen molar-refractivity contribution in [1.82, 2.24) is 14.9 Å². The molecule has 0 saturated heterocycles. The first-order valence-corrected chi connectivity index (χ1v) is 3.36. The molecular formula is C5H10N6O. The maximum Gasteiger partial charge on any atom is 0.252 e. The van der Waals surface area contributed by atoms with Gasteiger partial charge in [0.2, 0.25) is 0 Å². The molecule has 0 spiro atoms. The van der Waals surface area contributed by atoms with E-state index in [2.05, 4.69) is 15.6 Å². The minimum atomic E-state index is -0.315. The molecule has 0 radical (unpaired) electrons. The van der Waals surface area contributed by atoms with E-state index in [1.165, 1.54) is 11.0 Å². The number of nitrogens with zero attached hydrogens (tertiary/aromatic N) is 3. The highest BCUT2D eigenvalue weighted by Gasteiger charge is 2.03. The molecule has 1 heterocycles. The number of carbonyl (C=O) groups is 1. The molecule has 0 saturated carbocycles. The number of rotatable bonds is 3. The Morgan fingerprint density at radius 1 is 1.67 bits per heavy atom. The van der Waals surface area contributed by atoms with Crippen LogP contribution in [0.25, 0.3) is 0 Å². The molecule has 7 nitrogen and oxygen atoms in total.